The molecule has 0 saturated heterocycles. The molecule has 0 aromatic heterocycles. The maximum absolute atomic E-state index is 2.54. The van der Waals surface area contributed by atoms with Gasteiger partial charge in [0.1, 0.15) is 0 Å². The fourth-order valence-corrected chi connectivity index (χ4v) is 11.0. The lowest BCUT2D eigenvalue weighted by Gasteiger charge is -2.30. The van der Waals surface area contributed by atoms with E-state index in [1.54, 1.807) is 5.56 Å². The van der Waals surface area contributed by atoms with Crippen molar-refractivity contribution in [2.75, 3.05) is 4.90 Å². The number of rotatable bonds is 7. The lowest BCUT2D eigenvalue weighted by molar-refractivity contribution is 0.420. The van der Waals surface area contributed by atoms with E-state index in [0.717, 1.165) is 17.8 Å². The van der Waals surface area contributed by atoms with Crippen LogP contribution in [0.25, 0.3) is 33.4 Å². The van der Waals surface area contributed by atoms with E-state index >= 15 is 0 Å². The van der Waals surface area contributed by atoms with E-state index < -0.39 is 0 Å². The van der Waals surface area contributed by atoms with Gasteiger partial charge in [-0.25, -0.2) is 0 Å². The van der Waals surface area contributed by atoms with Gasteiger partial charge in [-0.05, 0) is 154 Å². The van der Waals surface area contributed by atoms with Crippen molar-refractivity contribution < 1.29 is 0 Å². The summed E-state index contributed by atoms with van der Waals surface area (Å²) < 4.78 is 0. The molecule has 3 fully saturated rings. The highest BCUT2D eigenvalue weighted by atomic mass is 15.1. The molecular formula is C52H51N. The van der Waals surface area contributed by atoms with Gasteiger partial charge in [0.2, 0.25) is 0 Å². The molecule has 0 heterocycles. The molecular weight excluding hydrogens is 639 g/mol. The molecule has 6 aromatic rings. The highest BCUT2D eigenvalue weighted by molar-refractivity contribution is 5.90. The Balaban J connectivity index is 1.04. The summed E-state index contributed by atoms with van der Waals surface area (Å²) in [7, 11) is 0. The Hall–Kier alpha value is -4.88. The molecule has 3 unspecified atom stereocenters. The normalized spacial score (nSPS) is 21.4. The van der Waals surface area contributed by atoms with Crippen molar-refractivity contribution in [1.29, 1.82) is 0 Å². The van der Waals surface area contributed by atoms with Gasteiger partial charge in [-0.15, -0.1) is 0 Å². The summed E-state index contributed by atoms with van der Waals surface area (Å²) in [6, 6.07) is 53.4. The van der Waals surface area contributed by atoms with Crippen LogP contribution in [0.5, 0.6) is 0 Å². The van der Waals surface area contributed by atoms with Crippen molar-refractivity contribution >= 4 is 17.1 Å². The quantitative estimate of drug-likeness (QED) is 0.161. The molecule has 2 bridgehead atoms. The molecule has 6 aromatic carbocycles. The third-order valence-corrected chi connectivity index (χ3v) is 13.8. The second-order valence-electron chi connectivity index (χ2n) is 17.2. The van der Waals surface area contributed by atoms with Crippen LogP contribution in [0, 0.1) is 11.8 Å². The van der Waals surface area contributed by atoms with Crippen LogP contribution in [0.2, 0.25) is 0 Å². The monoisotopic (exact) mass is 689 g/mol. The molecule has 53 heavy (non-hydrogen) atoms. The van der Waals surface area contributed by atoms with Crippen molar-refractivity contribution in [3.8, 4) is 33.4 Å². The molecule has 1 nitrogen and oxygen atoms in total. The molecule has 10 rings (SSSR count). The summed E-state index contributed by atoms with van der Waals surface area (Å²) in [5.74, 6) is 3.26. The molecule has 264 valence electrons. The Morgan fingerprint density at radius 1 is 0.472 bits per heavy atom. The first-order valence-electron chi connectivity index (χ1n) is 20.5. The minimum Gasteiger partial charge on any atom is -0.310 e. The largest absolute Gasteiger partial charge is 0.310 e. The molecule has 0 N–H and O–H groups in total. The number of hydrogen-bond donors (Lipinski definition) is 0. The number of fused-ring (bicyclic) bond motifs is 5. The van der Waals surface area contributed by atoms with Crippen LogP contribution in [-0.2, 0) is 5.41 Å². The van der Waals surface area contributed by atoms with Crippen LogP contribution in [0.15, 0.2) is 140 Å². The maximum Gasteiger partial charge on any atom is 0.0465 e. The van der Waals surface area contributed by atoms with Crippen LogP contribution in [0.4, 0.5) is 17.1 Å². The zero-order valence-corrected chi connectivity index (χ0v) is 31.4. The van der Waals surface area contributed by atoms with Crippen LogP contribution >= 0.6 is 0 Å². The molecule has 4 aliphatic rings. The molecule has 1 heteroatoms. The van der Waals surface area contributed by atoms with Gasteiger partial charge in [0.25, 0.3) is 0 Å². The van der Waals surface area contributed by atoms with Gasteiger partial charge in [0, 0.05) is 22.5 Å². The number of hydrogen-bond acceptors (Lipinski definition) is 1. The zero-order chi connectivity index (χ0) is 35.5. The number of nitrogens with zero attached hydrogens (tertiary/aromatic N) is 1. The lowest BCUT2D eigenvalue weighted by atomic mass is 9.81. The van der Waals surface area contributed by atoms with Crippen molar-refractivity contribution in [2.24, 2.45) is 11.8 Å². The Morgan fingerprint density at radius 3 is 1.89 bits per heavy atom. The first kappa shape index (κ1) is 32.7. The summed E-state index contributed by atoms with van der Waals surface area (Å²) in [6.45, 7) is 4.85. The van der Waals surface area contributed by atoms with E-state index in [2.05, 4.69) is 158 Å². The molecule has 0 aliphatic heterocycles. The van der Waals surface area contributed by atoms with E-state index in [4.69, 9.17) is 0 Å². The zero-order valence-electron chi connectivity index (χ0n) is 31.4. The van der Waals surface area contributed by atoms with Crippen LogP contribution in [-0.4, -0.2) is 0 Å². The predicted molar refractivity (Wildman–Crippen MR) is 224 cm³/mol. The molecule has 4 aliphatic carbocycles. The van der Waals surface area contributed by atoms with Gasteiger partial charge in [0.15, 0.2) is 0 Å². The average molecular weight is 690 g/mol. The molecule has 0 spiro atoms. The molecule has 3 atom stereocenters. The first-order chi connectivity index (χ1) is 26.0. The van der Waals surface area contributed by atoms with Crippen LogP contribution < -0.4 is 4.90 Å². The van der Waals surface area contributed by atoms with Gasteiger partial charge in [-0.1, -0.05) is 137 Å². The van der Waals surface area contributed by atoms with Crippen molar-refractivity contribution in [2.45, 2.75) is 88.9 Å². The summed E-state index contributed by atoms with van der Waals surface area (Å²) >= 11 is 0. The Kier molecular flexibility index (Phi) is 8.16. The fourth-order valence-electron chi connectivity index (χ4n) is 11.0. The summed E-state index contributed by atoms with van der Waals surface area (Å²) in [6.07, 6.45) is 12.4. The van der Waals surface area contributed by atoms with E-state index in [-0.39, 0.29) is 5.41 Å². The Morgan fingerprint density at radius 2 is 1.15 bits per heavy atom. The van der Waals surface area contributed by atoms with E-state index in [1.807, 2.05) is 0 Å². The predicted octanol–water partition coefficient (Wildman–Crippen LogP) is 14.7. The fraction of sp³-hybridized carbons (Fsp3) is 0.308. The summed E-state index contributed by atoms with van der Waals surface area (Å²) in [5, 5.41) is 0. The molecule has 3 saturated carbocycles. The van der Waals surface area contributed by atoms with Crippen LogP contribution in [0.3, 0.4) is 0 Å². The van der Waals surface area contributed by atoms with Crippen LogP contribution in [0.1, 0.15) is 106 Å². The van der Waals surface area contributed by atoms with Gasteiger partial charge >= 0.3 is 0 Å². The molecule has 0 radical (unpaired) electrons. The van der Waals surface area contributed by atoms with Crippen molar-refractivity contribution in [3.63, 3.8) is 0 Å². The number of benzene rings is 6. The second kappa shape index (κ2) is 13.2. The topological polar surface area (TPSA) is 3.24 Å². The highest BCUT2D eigenvalue weighted by Crippen LogP contribution is 2.54. The summed E-state index contributed by atoms with van der Waals surface area (Å²) in [5.41, 5.74) is 17.3. The van der Waals surface area contributed by atoms with Crippen molar-refractivity contribution in [3.05, 3.63) is 162 Å². The second-order valence-corrected chi connectivity index (χ2v) is 17.2. The maximum atomic E-state index is 2.54. The average Bonchev–Trinajstić information content (AvgIpc) is 3.92. The first-order valence-corrected chi connectivity index (χ1v) is 20.5. The minimum atomic E-state index is -0.139. The van der Waals surface area contributed by atoms with Gasteiger partial charge in [-0.3, -0.25) is 0 Å². The van der Waals surface area contributed by atoms with E-state index in [9.17, 15) is 0 Å². The smallest absolute Gasteiger partial charge is 0.0465 e. The third-order valence-electron chi connectivity index (χ3n) is 13.8. The van der Waals surface area contributed by atoms with E-state index in [1.165, 1.54) is 125 Å². The SMILES string of the molecule is CC1(C)c2cc(-c3ccccc3-c3ccccc3)ccc2-c2ccc(N(c3ccc(C4CC5CCC4C5)cc3)c3cccc(C4CCCCC4)c3)cc21. The van der Waals surface area contributed by atoms with Gasteiger partial charge < -0.3 is 4.90 Å². The minimum absolute atomic E-state index is 0.139. The highest BCUT2D eigenvalue weighted by Gasteiger charge is 2.40. The standard InChI is InChI=1S/C52H51N/c1-52(2)50-33-41(46-19-10-9-18-45(46)37-14-7-4-8-15-37)24-28-47(50)48-29-27-44(34-51(48)52)53(43-17-11-16-39(32-43)36-12-5-3-6-13-36)42-25-22-38(23-26-42)49-31-35-20-21-40(49)30-35/h4,7-11,14-19,22-29,32-36,40,49H,3,5-6,12-13,20-21,30-31H2,1-2H3. The summed E-state index contributed by atoms with van der Waals surface area (Å²) in [4.78, 5) is 2.54. The van der Waals surface area contributed by atoms with Gasteiger partial charge in [0.05, 0.1) is 0 Å². The third kappa shape index (κ3) is 5.75. The van der Waals surface area contributed by atoms with E-state index in [0.29, 0.717) is 5.92 Å². The Bertz CT molecular complexity index is 2270. The Labute approximate surface area is 316 Å². The molecule has 0 amide bonds. The number of anilines is 3. The van der Waals surface area contributed by atoms with Crippen molar-refractivity contribution in [1.82, 2.24) is 0 Å². The lowest BCUT2D eigenvalue weighted by Crippen LogP contribution is -2.17. The van der Waals surface area contributed by atoms with Gasteiger partial charge in [-0.2, -0.15) is 0 Å².